The fourth-order valence-corrected chi connectivity index (χ4v) is 1.85. The number of carbonyl (C=O) groups excluding carboxylic acids is 1. The van der Waals surface area contributed by atoms with Crippen LogP contribution in [0.2, 0.25) is 0 Å². The third kappa shape index (κ3) is 4.96. The first-order chi connectivity index (χ1) is 9.54. The lowest BCUT2D eigenvalue weighted by Gasteiger charge is -2.28. The van der Waals surface area contributed by atoms with Gasteiger partial charge in [0.2, 0.25) is 0 Å². The van der Waals surface area contributed by atoms with Gasteiger partial charge in [0.05, 0.1) is 0 Å². The van der Waals surface area contributed by atoms with Crippen LogP contribution in [0, 0.1) is 5.41 Å². The highest BCUT2D eigenvalue weighted by molar-refractivity contribution is 5.92. The van der Waals surface area contributed by atoms with Crippen LogP contribution in [0.15, 0.2) is 10.6 Å². The average Bonchev–Trinajstić information content (AvgIpc) is 2.94. The van der Waals surface area contributed by atoms with E-state index in [0.29, 0.717) is 12.2 Å². The van der Waals surface area contributed by atoms with Gasteiger partial charge in [0.25, 0.3) is 5.91 Å². The number of nitrogens with zero attached hydrogens (tertiary/aromatic N) is 1. The van der Waals surface area contributed by atoms with Crippen molar-refractivity contribution < 1.29 is 9.32 Å². The molecule has 0 fully saturated rings. The molecule has 1 unspecified atom stereocenters. The van der Waals surface area contributed by atoms with Gasteiger partial charge < -0.3 is 15.2 Å². The molecular formula is C15H27N3O2. The van der Waals surface area contributed by atoms with E-state index in [1.807, 2.05) is 6.92 Å². The van der Waals surface area contributed by atoms with E-state index in [1.165, 1.54) is 0 Å². The van der Waals surface area contributed by atoms with Crippen LogP contribution in [-0.4, -0.2) is 30.7 Å². The van der Waals surface area contributed by atoms with E-state index in [9.17, 15) is 4.79 Å². The van der Waals surface area contributed by atoms with Gasteiger partial charge in [-0.3, -0.25) is 4.79 Å². The van der Waals surface area contributed by atoms with Gasteiger partial charge in [-0.2, -0.15) is 0 Å². The molecular weight excluding hydrogens is 254 g/mol. The highest BCUT2D eigenvalue weighted by Gasteiger charge is 2.23. The largest absolute Gasteiger partial charge is 0.361 e. The molecule has 0 spiro atoms. The number of rotatable bonds is 9. The first-order valence-electron chi connectivity index (χ1n) is 7.49. The summed E-state index contributed by atoms with van der Waals surface area (Å²) in [5.41, 5.74) is 0.420. The Kier molecular flexibility index (Phi) is 6.71. The van der Waals surface area contributed by atoms with Gasteiger partial charge in [-0.25, -0.2) is 0 Å². The smallest absolute Gasteiger partial charge is 0.273 e. The predicted octanol–water partition coefficient (Wildman–Crippen LogP) is 2.38. The van der Waals surface area contributed by atoms with Crippen molar-refractivity contribution >= 4 is 5.91 Å². The summed E-state index contributed by atoms with van der Waals surface area (Å²) in [6.07, 6.45) is 2.86. The van der Waals surface area contributed by atoms with Crippen molar-refractivity contribution in [3.8, 4) is 0 Å². The molecule has 0 aliphatic heterocycles. The van der Waals surface area contributed by atoms with Crippen molar-refractivity contribution in [3.05, 3.63) is 17.5 Å². The Morgan fingerprint density at radius 2 is 2.10 bits per heavy atom. The molecule has 20 heavy (non-hydrogen) atoms. The Morgan fingerprint density at radius 1 is 1.35 bits per heavy atom. The molecule has 1 aromatic heterocycles. The summed E-state index contributed by atoms with van der Waals surface area (Å²) < 4.78 is 5.05. The van der Waals surface area contributed by atoms with Crippen LogP contribution >= 0.6 is 0 Å². The lowest BCUT2D eigenvalue weighted by Crippen LogP contribution is -2.42. The van der Waals surface area contributed by atoms with Gasteiger partial charge in [-0.1, -0.05) is 32.9 Å². The quantitative estimate of drug-likeness (QED) is 0.682. The molecule has 0 aliphatic carbocycles. The van der Waals surface area contributed by atoms with E-state index in [2.05, 4.69) is 36.6 Å². The molecule has 5 heteroatoms. The van der Waals surface area contributed by atoms with Crippen molar-refractivity contribution in [3.63, 3.8) is 0 Å². The second-order valence-corrected chi connectivity index (χ2v) is 5.56. The van der Waals surface area contributed by atoms with Crippen LogP contribution in [0.1, 0.15) is 56.8 Å². The monoisotopic (exact) mass is 281 g/mol. The normalized spacial score (nSPS) is 14.0. The fraction of sp³-hybridized carbons (Fsp3) is 0.733. The number of aryl methyl sites for hydroxylation is 1. The maximum absolute atomic E-state index is 12.0. The SMILES string of the molecule is CCCNCC(C)(CC)CNC(=O)c1cc(CC)on1. The van der Waals surface area contributed by atoms with E-state index < -0.39 is 0 Å². The maximum Gasteiger partial charge on any atom is 0.273 e. The van der Waals surface area contributed by atoms with Crippen LogP contribution in [0.5, 0.6) is 0 Å². The van der Waals surface area contributed by atoms with Gasteiger partial charge in [-0.15, -0.1) is 0 Å². The second kappa shape index (κ2) is 8.04. The van der Waals surface area contributed by atoms with Crippen molar-refractivity contribution in [1.82, 2.24) is 15.8 Å². The van der Waals surface area contributed by atoms with Crippen LogP contribution in [0.3, 0.4) is 0 Å². The Hall–Kier alpha value is -1.36. The minimum atomic E-state index is -0.163. The molecule has 0 aliphatic rings. The third-order valence-electron chi connectivity index (χ3n) is 3.65. The van der Waals surface area contributed by atoms with Crippen LogP contribution in [0.4, 0.5) is 0 Å². The second-order valence-electron chi connectivity index (χ2n) is 5.56. The molecule has 5 nitrogen and oxygen atoms in total. The zero-order chi connectivity index (χ0) is 15.0. The topological polar surface area (TPSA) is 67.2 Å². The molecule has 1 atom stereocenters. The highest BCUT2D eigenvalue weighted by atomic mass is 16.5. The molecule has 2 N–H and O–H groups in total. The van der Waals surface area contributed by atoms with E-state index in [1.54, 1.807) is 6.07 Å². The Labute approximate surface area is 121 Å². The third-order valence-corrected chi connectivity index (χ3v) is 3.65. The summed E-state index contributed by atoms with van der Waals surface area (Å²) in [6.45, 7) is 11.0. The van der Waals surface area contributed by atoms with Crippen LogP contribution in [0.25, 0.3) is 0 Å². The summed E-state index contributed by atoms with van der Waals surface area (Å²) >= 11 is 0. The van der Waals surface area contributed by atoms with Crippen molar-refractivity contribution in [2.45, 2.75) is 47.0 Å². The predicted molar refractivity (Wildman–Crippen MR) is 79.8 cm³/mol. The number of amides is 1. The Balaban J connectivity index is 2.48. The molecule has 0 saturated carbocycles. The van der Waals surface area contributed by atoms with Crippen LogP contribution < -0.4 is 10.6 Å². The molecule has 1 amide bonds. The van der Waals surface area contributed by atoms with Crippen molar-refractivity contribution in [1.29, 1.82) is 0 Å². The van der Waals surface area contributed by atoms with Gasteiger partial charge in [0.1, 0.15) is 5.76 Å². The van der Waals surface area contributed by atoms with E-state index >= 15 is 0 Å². The molecule has 1 rings (SSSR count). The summed E-state index contributed by atoms with van der Waals surface area (Å²) in [7, 11) is 0. The molecule has 114 valence electrons. The highest BCUT2D eigenvalue weighted by Crippen LogP contribution is 2.18. The molecule has 0 saturated heterocycles. The van der Waals surface area contributed by atoms with E-state index in [4.69, 9.17) is 4.52 Å². The number of nitrogens with one attached hydrogen (secondary N) is 2. The van der Waals surface area contributed by atoms with Crippen LogP contribution in [-0.2, 0) is 6.42 Å². The molecule has 0 aromatic carbocycles. The maximum atomic E-state index is 12.0. The minimum absolute atomic E-state index is 0.0577. The number of hydrogen-bond donors (Lipinski definition) is 2. The summed E-state index contributed by atoms with van der Waals surface area (Å²) in [5.74, 6) is 0.571. The van der Waals surface area contributed by atoms with Gasteiger partial charge in [0.15, 0.2) is 5.69 Å². The zero-order valence-electron chi connectivity index (χ0n) is 13.1. The Bertz CT molecular complexity index is 417. The Morgan fingerprint density at radius 3 is 2.65 bits per heavy atom. The standard InChI is InChI=1S/C15H27N3O2/c1-5-8-16-10-15(4,7-3)11-17-14(19)13-9-12(6-2)20-18-13/h9,16H,5-8,10-11H2,1-4H3,(H,17,19). The molecule has 1 heterocycles. The van der Waals surface area contributed by atoms with Crippen molar-refractivity contribution in [2.24, 2.45) is 5.41 Å². The van der Waals surface area contributed by atoms with Gasteiger partial charge in [0, 0.05) is 25.6 Å². The molecule has 0 radical (unpaired) electrons. The fourth-order valence-electron chi connectivity index (χ4n) is 1.85. The number of aromatic nitrogens is 1. The lowest BCUT2D eigenvalue weighted by atomic mass is 9.87. The summed E-state index contributed by atoms with van der Waals surface area (Å²) in [5, 5.41) is 10.2. The first kappa shape index (κ1) is 16.7. The number of hydrogen-bond acceptors (Lipinski definition) is 4. The number of carbonyl (C=O) groups is 1. The molecule has 0 bridgehead atoms. The van der Waals surface area contributed by atoms with Gasteiger partial charge in [-0.05, 0) is 24.8 Å². The van der Waals surface area contributed by atoms with E-state index in [0.717, 1.165) is 38.1 Å². The zero-order valence-corrected chi connectivity index (χ0v) is 13.1. The van der Waals surface area contributed by atoms with Gasteiger partial charge >= 0.3 is 0 Å². The summed E-state index contributed by atoms with van der Waals surface area (Å²) in [6, 6.07) is 1.70. The molecule has 1 aromatic rings. The lowest BCUT2D eigenvalue weighted by molar-refractivity contribution is 0.0922. The van der Waals surface area contributed by atoms with E-state index in [-0.39, 0.29) is 11.3 Å². The first-order valence-corrected chi connectivity index (χ1v) is 7.49. The summed E-state index contributed by atoms with van der Waals surface area (Å²) in [4.78, 5) is 12.0. The van der Waals surface area contributed by atoms with Crippen molar-refractivity contribution in [2.75, 3.05) is 19.6 Å². The minimum Gasteiger partial charge on any atom is -0.361 e. The average molecular weight is 281 g/mol.